The number of nitrogens with two attached hydrogens (primary N) is 1. The zero-order chi connectivity index (χ0) is 21.1. The van der Waals surface area contributed by atoms with Crippen LogP contribution in [-0.4, -0.2) is 42.8 Å². The maximum Gasteiger partial charge on any atom is 0.229 e. The lowest BCUT2D eigenvalue weighted by molar-refractivity contribution is 0.415. The number of fused-ring (bicyclic) bond motifs is 1. The number of nitrogens with zero attached hydrogens (tertiary/aromatic N) is 4. The first-order valence-electron chi connectivity index (χ1n) is 10.0. The van der Waals surface area contributed by atoms with Crippen LogP contribution in [0.2, 0.25) is 0 Å². The van der Waals surface area contributed by atoms with Gasteiger partial charge in [-0.05, 0) is 49.4 Å². The van der Waals surface area contributed by atoms with Crippen molar-refractivity contribution in [2.75, 3.05) is 42.7 Å². The fourth-order valence-corrected chi connectivity index (χ4v) is 3.84. The monoisotopic (exact) mass is 403 g/mol. The van der Waals surface area contributed by atoms with Crippen molar-refractivity contribution in [1.29, 1.82) is 5.26 Å². The maximum absolute atomic E-state index is 9.21. The van der Waals surface area contributed by atoms with Gasteiger partial charge in [0, 0.05) is 35.9 Å². The minimum Gasteiger partial charge on any atom is -0.497 e. The smallest absolute Gasteiger partial charge is 0.229 e. The SMILES string of the molecule is CCN[C@H]1CCN(c2nc(Nc3cc(N)cc(C#N)c3)nc3ccc(OC)cc23)C1. The molecule has 1 saturated heterocycles. The minimum absolute atomic E-state index is 0.439. The molecule has 4 N–H and O–H groups in total. The van der Waals surface area contributed by atoms with Crippen molar-refractivity contribution >= 4 is 34.0 Å². The molecule has 0 saturated carbocycles. The molecule has 154 valence electrons. The Hall–Kier alpha value is -3.57. The van der Waals surface area contributed by atoms with Crippen LogP contribution in [0.15, 0.2) is 36.4 Å². The highest BCUT2D eigenvalue weighted by molar-refractivity contribution is 5.92. The summed E-state index contributed by atoms with van der Waals surface area (Å²) in [6.07, 6.45) is 1.06. The van der Waals surface area contributed by atoms with Crippen molar-refractivity contribution in [1.82, 2.24) is 15.3 Å². The van der Waals surface area contributed by atoms with E-state index in [4.69, 9.17) is 15.5 Å². The summed E-state index contributed by atoms with van der Waals surface area (Å²) in [7, 11) is 1.65. The van der Waals surface area contributed by atoms with Crippen LogP contribution < -0.4 is 26.0 Å². The molecule has 0 aliphatic carbocycles. The van der Waals surface area contributed by atoms with E-state index >= 15 is 0 Å². The van der Waals surface area contributed by atoms with E-state index in [0.717, 1.165) is 48.5 Å². The number of anilines is 4. The zero-order valence-corrected chi connectivity index (χ0v) is 17.1. The third kappa shape index (κ3) is 4.07. The van der Waals surface area contributed by atoms with Crippen LogP contribution in [-0.2, 0) is 0 Å². The molecule has 1 aliphatic heterocycles. The Kier molecular flexibility index (Phi) is 5.55. The maximum atomic E-state index is 9.21. The molecule has 0 unspecified atom stereocenters. The fourth-order valence-electron chi connectivity index (χ4n) is 3.84. The van der Waals surface area contributed by atoms with Crippen LogP contribution in [0.1, 0.15) is 18.9 Å². The number of nitrogens with one attached hydrogen (secondary N) is 2. The van der Waals surface area contributed by atoms with Gasteiger partial charge >= 0.3 is 0 Å². The van der Waals surface area contributed by atoms with E-state index in [9.17, 15) is 5.26 Å². The lowest BCUT2D eigenvalue weighted by atomic mass is 10.2. The van der Waals surface area contributed by atoms with Gasteiger partial charge in [0.15, 0.2) is 0 Å². The molecule has 1 aliphatic rings. The van der Waals surface area contributed by atoms with Gasteiger partial charge in [0.05, 0.1) is 24.3 Å². The Bertz CT molecular complexity index is 1110. The highest BCUT2D eigenvalue weighted by Crippen LogP contribution is 2.32. The first-order chi connectivity index (χ1) is 14.6. The predicted octanol–water partition coefficient (Wildman–Crippen LogP) is 3.02. The molecule has 2 aromatic carbocycles. The summed E-state index contributed by atoms with van der Waals surface area (Å²) in [5.74, 6) is 2.10. The molecule has 0 amide bonds. The van der Waals surface area contributed by atoms with Gasteiger partial charge in [-0.15, -0.1) is 0 Å². The summed E-state index contributed by atoms with van der Waals surface area (Å²) >= 11 is 0. The average molecular weight is 403 g/mol. The summed E-state index contributed by atoms with van der Waals surface area (Å²) in [5.41, 5.74) is 8.41. The van der Waals surface area contributed by atoms with Crippen molar-refractivity contribution in [2.24, 2.45) is 0 Å². The first kappa shape index (κ1) is 19.7. The van der Waals surface area contributed by atoms with E-state index in [1.807, 2.05) is 18.2 Å². The van der Waals surface area contributed by atoms with E-state index in [-0.39, 0.29) is 0 Å². The second-order valence-electron chi connectivity index (χ2n) is 7.32. The van der Waals surface area contributed by atoms with E-state index in [0.29, 0.717) is 28.9 Å². The molecule has 4 rings (SSSR count). The molecule has 0 bridgehead atoms. The molecular weight excluding hydrogens is 378 g/mol. The standard InChI is InChI=1S/C22H25N7O/c1-3-25-16-6-7-29(13-16)21-19-11-18(30-2)4-5-20(19)27-22(28-21)26-17-9-14(12-23)8-15(24)10-17/h4-5,8-11,16,25H,3,6-7,13,24H2,1-2H3,(H,26,27,28)/t16-/m0/s1. The van der Waals surface area contributed by atoms with Gasteiger partial charge in [0.1, 0.15) is 11.6 Å². The fraction of sp³-hybridized carbons (Fsp3) is 0.318. The molecule has 2 heterocycles. The van der Waals surface area contributed by atoms with Crippen LogP contribution in [0.25, 0.3) is 10.9 Å². The number of likely N-dealkylation sites (N-methyl/N-ethyl adjacent to an activating group) is 1. The Morgan fingerprint density at radius 2 is 2.13 bits per heavy atom. The molecular formula is C22H25N7O. The summed E-state index contributed by atoms with van der Waals surface area (Å²) in [6.45, 7) is 4.86. The molecule has 30 heavy (non-hydrogen) atoms. The van der Waals surface area contributed by atoms with Gasteiger partial charge in [-0.25, -0.2) is 4.98 Å². The molecule has 1 atom stereocenters. The molecule has 0 spiro atoms. The third-order valence-corrected chi connectivity index (χ3v) is 5.20. The molecule has 0 radical (unpaired) electrons. The van der Waals surface area contributed by atoms with Gasteiger partial charge in [-0.3, -0.25) is 0 Å². The van der Waals surface area contributed by atoms with Crippen molar-refractivity contribution < 1.29 is 4.74 Å². The summed E-state index contributed by atoms with van der Waals surface area (Å²) in [5, 5.41) is 16.9. The zero-order valence-electron chi connectivity index (χ0n) is 17.1. The predicted molar refractivity (Wildman–Crippen MR) is 119 cm³/mol. The van der Waals surface area contributed by atoms with Gasteiger partial charge in [0.25, 0.3) is 0 Å². The molecule has 8 heteroatoms. The minimum atomic E-state index is 0.439. The molecule has 1 fully saturated rings. The Labute approximate surface area is 175 Å². The largest absolute Gasteiger partial charge is 0.497 e. The molecule has 1 aromatic heterocycles. The number of aromatic nitrogens is 2. The van der Waals surface area contributed by atoms with Crippen LogP contribution >= 0.6 is 0 Å². The average Bonchev–Trinajstić information content (AvgIpc) is 3.21. The Morgan fingerprint density at radius 3 is 2.90 bits per heavy atom. The molecule has 8 nitrogen and oxygen atoms in total. The highest BCUT2D eigenvalue weighted by atomic mass is 16.5. The number of hydrogen-bond donors (Lipinski definition) is 3. The van der Waals surface area contributed by atoms with Gasteiger partial charge in [-0.2, -0.15) is 10.2 Å². The van der Waals surface area contributed by atoms with Gasteiger partial charge in [-0.1, -0.05) is 6.92 Å². The van der Waals surface area contributed by atoms with E-state index in [1.54, 1.807) is 25.3 Å². The van der Waals surface area contributed by atoms with E-state index in [1.165, 1.54) is 0 Å². The van der Waals surface area contributed by atoms with Gasteiger partial charge < -0.3 is 26.0 Å². The second-order valence-corrected chi connectivity index (χ2v) is 7.32. The Morgan fingerprint density at radius 1 is 1.27 bits per heavy atom. The number of rotatable bonds is 6. The van der Waals surface area contributed by atoms with Gasteiger partial charge in [0.2, 0.25) is 5.95 Å². The Balaban J connectivity index is 1.75. The lowest BCUT2D eigenvalue weighted by Gasteiger charge is -2.21. The normalized spacial score (nSPS) is 15.9. The first-order valence-corrected chi connectivity index (χ1v) is 10.0. The lowest BCUT2D eigenvalue weighted by Crippen LogP contribution is -2.32. The van der Waals surface area contributed by atoms with E-state index in [2.05, 4.69) is 33.5 Å². The summed E-state index contributed by atoms with van der Waals surface area (Å²) in [4.78, 5) is 11.8. The van der Waals surface area contributed by atoms with Crippen LogP contribution in [0.4, 0.5) is 23.1 Å². The number of benzene rings is 2. The van der Waals surface area contributed by atoms with Crippen LogP contribution in [0.5, 0.6) is 5.75 Å². The molecule has 3 aromatic rings. The topological polar surface area (TPSA) is 112 Å². The summed E-state index contributed by atoms with van der Waals surface area (Å²) in [6, 6.07) is 13.5. The summed E-state index contributed by atoms with van der Waals surface area (Å²) < 4.78 is 5.42. The second kappa shape index (κ2) is 8.43. The van der Waals surface area contributed by atoms with Crippen molar-refractivity contribution in [3.05, 3.63) is 42.0 Å². The van der Waals surface area contributed by atoms with Crippen molar-refractivity contribution in [3.63, 3.8) is 0 Å². The number of hydrogen-bond acceptors (Lipinski definition) is 8. The van der Waals surface area contributed by atoms with Crippen LogP contribution in [0, 0.1) is 11.3 Å². The number of nitrogen functional groups attached to an aromatic ring is 1. The number of nitriles is 1. The quantitative estimate of drug-likeness (QED) is 0.539. The third-order valence-electron chi connectivity index (χ3n) is 5.20. The van der Waals surface area contributed by atoms with E-state index < -0.39 is 0 Å². The van der Waals surface area contributed by atoms with Crippen LogP contribution in [0.3, 0.4) is 0 Å². The highest BCUT2D eigenvalue weighted by Gasteiger charge is 2.25. The van der Waals surface area contributed by atoms with Crippen molar-refractivity contribution in [2.45, 2.75) is 19.4 Å². The van der Waals surface area contributed by atoms with Crippen molar-refractivity contribution in [3.8, 4) is 11.8 Å². The number of ether oxygens (including phenoxy) is 1. The number of methoxy groups -OCH3 is 1.